The molecule has 1 aliphatic rings. The molecule has 0 aliphatic carbocycles. The molecule has 2 atom stereocenters. The Labute approximate surface area is 241 Å². The fourth-order valence-corrected chi connectivity index (χ4v) is 2.73. The Morgan fingerprint density at radius 1 is 0.974 bits per heavy atom. The summed E-state index contributed by atoms with van der Waals surface area (Å²) in [6.45, 7) is 30.5. The van der Waals surface area contributed by atoms with Crippen LogP contribution >= 0.6 is 0 Å². The van der Waals surface area contributed by atoms with Crippen molar-refractivity contribution in [1.29, 1.82) is 0 Å². The van der Waals surface area contributed by atoms with Crippen LogP contribution in [0.2, 0.25) is 0 Å². The molecule has 3 N–H and O–H groups in total. The zero-order valence-corrected chi connectivity index (χ0v) is 28.4. The van der Waals surface area contributed by atoms with E-state index in [1.807, 2.05) is 62.3 Å². The average molecular weight is 563 g/mol. The molecule has 39 heavy (non-hydrogen) atoms. The Morgan fingerprint density at radius 2 is 1.38 bits per heavy atom. The van der Waals surface area contributed by atoms with Gasteiger partial charge in [0, 0.05) is 27.1 Å². The molecule has 1 fully saturated rings. The number of urea groups is 1. The van der Waals surface area contributed by atoms with E-state index in [0.29, 0.717) is 25.9 Å². The van der Waals surface area contributed by atoms with Crippen LogP contribution in [-0.2, 0) is 14.4 Å². The first-order valence-electron chi connectivity index (χ1n) is 14.9. The molecule has 0 aromatic heterocycles. The zero-order valence-electron chi connectivity index (χ0n) is 28.4. The smallest absolute Gasteiger partial charge is 0.326 e. The summed E-state index contributed by atoms with van der Waals surface area (Å²) in [5.41, 5.74) is -0.297. The van der Waals surface area contributed by atoms with Crippen LogP contribution in [0.1, 0.15) is 123 Å². The Balaban J connectivity index is -0.000000252. The minimum Gasteiger partial charge on any atom is -0.480 e. The van der Waals surface area contributed by atoms with Gasteiger partial charge in [-0.05, 0) is 24.2 Å². The van der Waals surface area contributed by atoms with Gasteiger partial charge in [0.25, 0.3) is 0 Å². The monoisotopic (exact) mass is 563 g/mol. The number of aliphatic carboxylic acids is 1. The Hall–Kier alpha value is -2.32. The second-order valence-electron chi connectivity index (χ2n) is 10.2. The van der Waals surface area contributed by atoms with Gasteiger partial charge in [-0.3, -0.25) is 9.59 Å². The highest BCUT2D eigenvalue weighted by Gasteiger charge is 2.34. The maximum absolute atomic E-state index is 12.2. The Kier molecular flexibility index (Phi) is 34.2. The number of nitrogens with zero attached hydrogens (tertiary/aromatic N) is 2. The highest BCUT2D eigenvalue weighted by Crippen LogP contribution is 2.20. The van der Waals surface area contributed by atoms with Crippen molar-refractivity contribution >= 4 is 23.8 Å². The third-order valence-electron chi connectivity index (χ3n) is 4.60. The van der Waals surface area contributed by atoms with Gasteiger partial charge in [-0.2, -0.15) is 0 Å². The van der Waals surface area contributed by atoms with E-state index in [0.717, 1.165) is 5.92 Å². The number of carbonyl (C=O) groups is 4. The number of hydrogen-bond acceptors (Lipinski definition) is 4. The van der Waals surface area contributed by atoms with Crippen molar-refractivity contribution < 1.29 is 24.3 Å². The second-order valence-corrected chi connectivity index (χ2v) is 10.2. The number of carbonyl (C=O) groups excluding carboxylic acids is 3. The quantitative estimate of drug-likeness (QED) is 0.345. The van der Waals surface area contributed by atoms with Crippen molar-refractivity contribution in [2.75, 3.05) is 26.7 Å². The third-order valence-corrected chi connectivity index (χ3v) is 4.60. The molecule has 4 amide bonds. The van der Waals surface area contributed by atoms with Crippen LogP contribution in [-0.4, -0.2) is 77.5 Å². The van der Waals surface area contributed by atoms with Crippen LogP contribution in [0.3, 0.4) is 0 Å². The van der Waals surface area contributed by atoms with Crippen LogP contribution < -0.4 is 10.6 Å². The molecule has 236 valence electrons. The maximum atomic E-state index is 12.2. The second kappa shape index (κ2) is 28.7. The van der Waals surface area contributed by atoms with Crippen molar-refractivity contribution in [2.45, 2.75) is 135 Å². The molecule has 0 spiro atoms. The topological polar surface area (TPSA) is 119 Å². The predicted molar refractivity (Wildman–Crippen MR) is 166 cm³/mol. The molecule has 1 rings (SSSR count). The summed E-state index contributed by atoms with van der Waals surface area (Å²) < 4.78 is 0. The molecule has 0 saturated carbocycles. The van der Waals surface area contributed by atoms with Gasteiger partial charge in [0.1, 0.15) is 6.04 Å². The van der Waals surface area contributed by atoms with E-state index in [4.69, 9.17) is 5.11 Å². The van der Waals surface area contributed by atoms with E-state index < -0.39 is 23.9 Å². The summed E-state index contributed by atoms with van der Waals surface area (Å²) in [5.74, 6) is -0.719. The van der Waals surface area contributed by atoms with Gasteiger partial charge in [0.15, 0.2) is 0 Å². The lowest BCUT2D eigenvalue weighted by Crippen LogP contribution is -2.54. The van der Waals surface area contributed by atoms with Crippen LogP contribution in [0.25, 0.3) is 0 Å². The number of amides is 4. The molecule has 9 heteroatoms. The zero-order chi connectivity index (χ0) is 32.4. The average Bonchev–Trinajstić information content (AvgIpc) is 3.36. The fraction of sp³-hybridized carbons (Fsp3) is 0.867. The summed E-state index contributed by atoms with van der Waals surface area (Å²) in [5, 5.41) is 14.4. The van der Waals surface area contributed by atoms with Gasteiger partial charge in [-0.15, -0.1) is 0 Å². The highest BCUT2D eigenvalue weighted by atomic mass is 16.4. The molecule has 0 radical (unpaired) electrons. The lowest BCUT2D eigenvalue weighted by Gasteiger charge is -2.34. The van der Waals surface area contributed by atoms with Crippen molar-refractivity contribution in [1.82, 2.24) is 20.4 Å². The summed E-state index contributed by atoms with van der Waals surface area (Å²) in [7, 11) is 1.66. The predicted octanol–water partition coefficient (Wildman–Crippen LogP) is 6.41. The molecule has 2 unspecified atom stereocenters. The first kappa shape index (κ1) is 46.5. The molecule has 1 heterocycles. The Bertz CT molecular complexity index is 616. The highest BCUT2D eigenvalue weighted by molar-refractivity contribution is 5.88. The molecule has 0 aromatic rings. The number of likely N-dealkylation sites (N-methyl/N-ethyl adjacent to an activating group) is 1. The van der Waals surface area contributed by atoms with E-state index in [-0.39, 0.29) is 23.9 Å². The lowest BCUT2D eigenvalue weighted by molar-refractivity contribution is -0.147. The van der Waals surface area contributed by atoms with E-state index in [1.54, 1.807) is 7.05 Å². The van der Waals surface area contributed by atoms with Crippen LogP contribution in [0, 0.1) is 11.3 Å². The van der Waals surface area contributed by atoms with Crippen molar-refractivity contribution in [2.24, 2.45) is 11.3 Å². The molecule has 0 bridgehead atoms. The molecule has 9 nitrogen and oxygen atoms in total. The molecule has 0 aromatic carbocycles. The first-order valence-corrected chi connectivity index (χ1v) is 14.9. The van der Waals surface area contributed by atoms with Gasteiger partial charge in [-0.1, -0.05) is 103 Å². The van der Waals surface area contributed by atoms with Crippen LogP contribution in [0.5, 0.6) is 0 Å². The molecule has 1 aliphatic heterocycles. The number of nitrogens with one attached hydrogen (secondary N) is 2. The standard InChI is InChI=1S/C17H30N4O5.C4H10.C3H8.3C2H6/c1-11(22)20(5)10-13(17(2,3)4)19-16(26)18-9-14(23)21-8-6-7-12(21)15(24)25;1-4(2)3;1-3-2;3*1-2/h12-13H,6-10H2,1-5H3,(H,24,25)(H2,18,19,26);4H,1-3H3;3H2,1-2H3;3*1-2H3. The molecule has 1 saturated heterocycles. The number of likely N-dealkylation sites (tertiary alicyclic amines) is 1. The normalized spacial score (nSPS) is 14.0. The van der Waals surface area contributed by atoms with Crippen LogP contribution in [0.4, 0.5) is 4.79 Å². The summed E-state index contributed by atoms with van der Waals surface area (Å²) in [4.78, 5) is 49.7. The molecular formula is C30H66N4O5. The lowest BCUT2D eigenvalue weighted by atomic mass is 9.86. The fourth-order valence-electron chi connectivity index (χ4n) is 2.73. The van der Waals surface area contributed by atoms with Crippen molar-refractivity contribution in [3.63, 3.8) is 0 Å². The minimum absolute atomic E-state index is 0.106. The van der Waals surface area contributed by atoms with E-state index >= 15 is 0 Å². The third kappa shape index (κ3) is 27.1. The van der Waals surface area contributed by atoms with Crippen molar-refractivity contribution in [3.8, 4) is 0 Å². The number of rotatable bonds is 6. The van der Waals surface area contributed by atoms with Gasteiger partial charge in [0.2, 0.25) is 11.8 Å². The van der Waals surface area contributed by atoms with Gasteiger partial charge >= 0.3 is 12.0 Å². The SMILES string of the molecule is CC.CC.CC.CC(=O)N(C)CC(NC(=O)NCC(=O)N1CCCC1C(=O)O)C(C)(C)C.CC(C)C.CCC. The van der Waals surface area contributed by atoms with Gasteiger partial charge in [0.05, 0.1) is 12.6 Å². The largest absolute Gasteiger partial charge is 0.480 e. The van der Waals surface area contributed by atoms with E-state index in [9.17, 15) is 19.2 Å². The summed E-state index contributed by atoms with van der Waals surface area (Å²) in [6, 6.07) is -1.66. The number of hydrogen-bond donors (Lipinski definition) is 3. The molecular weight excluding hydrogens is 496 g/mol. The first-order chi connectivity index (χ1) is 18.1. The number of carboxylic acids is 1. The number of carboxylic acid groups (broad SMARTS) is 1. The minimum atomic E-state index is -1.03. The van der Waals surface area contributed by atoms with Crippen LogP contribution in [0.15, 0.2) is 0 Å². The van der Waals surface area contributed by atoms with Gasteiger partial charge in [-0.25, -0.2) is 9.59 Å². The summed E-state index contributed by atoms with van der Waals surface area (Å²) in [6.07, 6.45) is 2.31. The van der Waals surface area contributed by atoms with E-state index in [1.165, 1.54) is 23.1 Å². The summed E-state index contributed by atoms with van der Waals surface area (Å²) >= 11 is 0. The Morgan fingerprint density at radius 3 is 1.72 bits per heavy atom. The van der Waals surface area contributed by atoms with E-state index in [2.05, 4.69) is 45.3 Å². The van der Waals surface area contributed by atoms with Crippen molar-refractivity contribution in [3.05, 3.63) is 0 Å². The van der Waals surface area contributed by atoms with Gasteiger partial charge < -0.3 is 25.5 Å². The maximum Gasteiger partial charge on any atom is 0.326 e.